The molecule has 26 heteroatoms. The number of hydrogen-bond donors (Lipinski definition) is 9. The number of phenols is 1. The zero-order valence-electron chi connectivity index (χ0n) is 29.1. The first kappa shape index (κ1) is 44.4. The summed E-state index contributed by atoms with van der Waals surface area (Å²) in [6.45, 7) is 2.76. The molecule has 0 aromatic heterocycles. The summed E-state index contributed by atoms with van der Waals surface area (Å²) in [5.74, 6) is -0.886. The molecule has 21 nitrogen and oxygen atoms in total. The predicted octanol–water partition coefficient (Wildman–Crippen LogP) is 7.62. The number of aromatic hydroxyl groups is 1. The van der Waals surface area contributed by atoms with Gasteiger partial charge >= 0.3 is 10.4 Å². The number of benzene rings is 4. The van der Waals surface area contributed by atoms with Crippen LogP contribution in [-0.2, 0) is 29.5 Å². The number of rotatable bonds is 15. The fourth-order valence-electron chi connectivity index (χ4n) is 4.56. The smallest absolute Gasteiger partial charge is 0.433 e. The second kappa shape index (κ2) is 17.9. The Morgan fingerprint density at radius 2 is 1.46 bits per heavy atom. The first-order valence-electron chi connectivity index (χ1n) is 15.2. The van der Waals surface area contributed by atoms with Crippen molar-refractivity contribution in [2.24, 2.45) is 20.5 Å². The first-order chi connectivity index (χ1) is 26.1. The van der Waals surface area contributed by atoms with Gasteiger partial charge in [-0.1, -0.05) is 6.92 Å². The Morgan fingerprint density at radius 1 is 0.804 bits per heavy atom. The predicted molar refractivity (Wildman–Crippen MR) is 208 cm³/mol. The van der Waals surface area contributed by atoms with E-state index >= 15 is 0 Å². The van der Waals surface area contributed by atoms with Crippen molar-refractivity contribution in [3.63, 3.8) is 0 Å². The Hall–Kier alpha value is -4.31. The van der Waals surface area contributed by atoms with Gasteiger partial charge in [-0.05, 0) is 84.3 Å². The summed E-state index contributed by atoms with van der Waals surface area (Å²) < 4.78 is 126. The number of sulfone groups is 1. The maximum absolute atomic E-state index is 13.1. The molecule has 0 bridgehead atoms. The van der Waals surface area contributed by atoms with E-state index in [0.29, 0.717) is 18.3 Å². The van der Waals surface area contributed by atoms with Crippen LogP contribution in [-0.4, -0.2) is 91.7 Å². The lowest BCUT2D eigenvalue weighted by Gasteiger charge is -2.22. The highest BCUT2D eigenvalue weighted by molar-refractivity contribution is 8.19. The Balaban J connectivity index is 1.79. The van der Waals surface area contributed by atoms with Gasteiger partial charge in [-0.25, -0.2) is 8.42 Å². The molecule has 0 aliphatic rings. The highest BCUT2D eigenvalue weighted by Gasteiger charge is 2.28. The third kappa shape index (κ3) is 11.4. The number of nitrogen functional groups attached to an aromatic ring is 1. The Morgan fingerprint density at radius 3 is 2.09 bits per heavy atom. The summed E-state index contributed by atoms with van der Waals surface area (Å²) in [5, 5.41) is 29.4. The fraction of sp³-hybridized carbons (Fsp3) is 0.200. The number of azo groups is 2. The molecular formula is C30H34N6O15S5. The number of hydrogen-bond acceptors (Lipinski definition) is 21. The highest BCUT2D eigenvalue weighted by atomic mass is 32.3. The van der Waals surface area contributed by atoms with Crippen LogP contribution >= 0.6 is 33.5 Å². The van der Waals surface area contributed by atoms with Crippen molar-refractivity contribution in [2.45, 2.75) is 26.5 Å². The van der Waals surface area contributed by atoms with E-state index in [0.717, 1.165) is 12.1 Å². The summed E-state index contributed by atoms with van der Waals surface area (Å²) in [4.78, 5) is 4.53. The van der Waals surface area contributed by atoms with Crippen LogP contribution in [0.1, 0.15) is 6.92 Å². The Labute approximate surface area is 327 Å². The lowest BCUT2D eigenvalue weighted by atomic mass is 10.1. The van der Waals surface area contributed by atoms with Gasteiger partial charge in [0.05, 0.1) is 33.2 Å². The lowest BCUT2D eigenvalue weighted by molar-refractivity contribution is -0.135. The lowest BCUT2D eigenvalue weighted by Crippen LogP contribution is -2.25. The van der Waals surface area contributed by atoms with Crippen molar-refractivity contribution in [3.05, 3.63) is 54.6 Å². The summed E-state index contributed by atoms with van der Waals surface area (Å²) in [7, 11) is -14.8. The number of methoxy groups -OCH3 is 1. The van der Waals surface area contributed by atoms with Crippen LogP contribution in [0.5, 0.6) is 11.5 Å². The largest absolute Gasteiger partial charge is 0.505 e. The molecule has 0 unspecified atom stereocenters. The third-order valence-electron chi connectivity index (χ3n) is 7.44. The van der Waals surface area contributed by atoms with E-state index in [4.69, 9.17) is 15.0 Å². The average molecular weight is 879 g/mol. The molecule has 4 aromatic rings. The number of phenolic OH excluding ortho intramolecular Hbond substituents is 1. The van der Waals surface area contributed by atoms with Crippen molar-refractivity contribution in [2.75, 3.05) is 38.7 Å². The molecule has 4 rings (SSSR count). The molecule has 0 aliphatic carbocycles. The maximum Gasteiger partial charge on any atom is 0.433 e. The topological polar surface area (TPSA) is 337 Å². The second-order valence-corrected chi connectivity index (χ2v) is 18.1. The van der Waals surface area contributed by atoms with Gasteiger partial charge in [0.1, 0.15) is 50.2 Å². The van der Waals surface area contributed by atoms with E-state index in [1.54, 1.807) is 13.2 Å². The van der Waals surface area contributed by atoms with Gasteiger partial charge in [-0.2, -0.15) is 8.42 Å². The monoisotopic (exact) mass is 878 g/mol. The van der Waals surface area contributed by atoms with Gasteiger partial charge in [0.15, 0.2) is 21.7 Å². The molecule has 10 N–H and O–H groups in total. The normalized spacial score (nSPS) is 13.3. The van der Waals surface area contributed by atoms with E-state index in [-0.39, 0.29) is 61.4 Å². The van der Waals surface area contributed by atoms with Crippen molar-refractivity contribution in [1.82, 2.24) is 4.90 Å². The molecule has 0 radical (unpaired) electrons. The standard InChI is InChI=1S/C30H34N6O15S5/c1-4-36(2)11-14-53(38,39)19-6-10-25(49-3)24(16-19)33-35-29-27(55(43,44)45)17-21-20(30(29)37)7-8-22(31)28(21)34-32-23-9-5-18(15-26(23)54(40,41)42)52-13-12-50-51-56(46,47)48/h5-10,15-17,37,40-45H,4,11,14,31H2,1-3H3,(H,46,47,48). The average Bonchev–Trinajstić information content (AvgIpc) is 3.11. The maximum atomic E-state index is 13.1. The van der Waals surface area contributed by atoms with Crippen LogP contribution in [0.3, 0.4) is 0 Å². The van der Waals surface area contributed by atoms with Crippen molar-refractivity contribution < 1.29 is 67.8 Å². The molecule has 0 saturated heterocycles. The molecule has 0 saturated carbocycles. The van der Waals surface area contributed by atoms with Crippen molar-refractivity contribution in [1.29, 1.82) is 0 Å². The van der Waals surface area contributed by atoms with E-state index in [9.17, 15) is 49.3 Å². The Bertz CT molecular complexity index is 2460. The number of nitrogens with zero attached hydrogens (tertiary/aromatic N) is 5. The van der Waals surface area contributed by atoms with Gasteiger partial charge < -0.3 is 47.8 Å². The van der Waals surface area contributed by atoms with Crippen LogP contribution in [0.2, 0.25) is 0 Å². The van der Waals surface area contributed by atoms with Gasteiger partial charge in [0.2, 0.25) is 0 Å². The van der Waals surface area contributed by atoms with Crippen LogP contribution in [0.4, 0.5) is 28.4 Å². The molecule has 0 atom stereocenters. The SMILES string of the molecule is CCN(C)CCS(=O)(=O)c1ccc(OC)c(N=Nc2c(S(O)(O)O)cc3c(N=Nc4ccc(SC#COOS(=O)(=O)O)cc4S(O)(O)O)c(N)ccc3c2O)c1. The molecule has 0 amide bonds. The zero-order chi connectivity index (χ0) is 41.6. The minimum Gasteiger partial charge on any atom is -0.505 e. The number of fused-ring (bicyclic) bond motifs is 1. The minimum absolute atomic E-state index is 0.0731. The second-order valence-electron chi connectivity index (χ2n) is 11.2. The first-order valence-corrected chi connectivity index (χ1v) is 22.1. The van der Waals surface area contributed by atoms with Gasteiger partial charge in [-0.15, -0.1) is 20.5 Å². The Kier molecular flexibility index (Phi) is 14.2. The molecule has 304 valence electrons. The van der Waals surface area contributed by atoms with Crippen molar-refractivity contribution >= 4 is 92.9 Å². The molecule has 0 fully saturated rings. The highest BCUT2D eigenvalue weighted by Crippen LogP contribution is 2.56. The van der Waals surface area contributed by atoms with Crippen LogP contribution < -0.4 is 10.5 Å². The van der Waals surface area contributed by atoms with Gasteiger partial charge in [-0.3, -0.25) is 9.44 Å². The summed E-state index contributed by atoms with van der Waals surface area (Å²) in [5.41, 5.74) is 4.75. The molecule has 0 spiro atoms. The molecule has 0 aliphatic heterocycles. The quantitative estimate of drug-likeness (QED) is 0.0105. The summed E-state index contributed by atoms with van der Waals surface area (Å²) >= 11 is 0.642. The zero-order valence-corrected chi connectivity index (χ0v) is 33.2. The van der Waals surface area contributed by atoms with E-state index in [1.807, 2.05) is 11.8 Å². The number of nitrogens with two attached hydrogens (primary N) is 1. The third-order valence-corrected chi connectivity index (χ3v) is 11.9. The van der Waals surface area contributed by atoms with E-state index in [1.165, 1.54) is 49.6 Å². The van der Waals surface area contributed by atoms with Crippen LogP contribution in [0.15, 0.2) is 94.6 Å². The fourth-order valence-corrected chi connectivity index (χ4v) is 7.96. The molecule has 4 aromatic carbocycles. The summed E-state index contributed by atoms with van der Waals surface area (Å²) in [6, 6.07) is 11.0. The van der Waals surface area contributed by atoms with Crippen LogP contribution in [0, 0.1) is 11.4 Å². The van der Waals surface area contributed by atoms with Gasteiger partial charge in [0, 0.05) is 27.5 Å². The van der Waals surface area contributed by atoms with E-state index in [2.05, 4.69) is 34.9 Å². The van der Waals surface area contributed by atoms with Gasteiger partial charge in [0.25, 0.3) is 0 Å². The molecule has 0 heterocycles. The van der Waals surface area contributed by atoms with Crippen LogP contribution in [0.25, 0.3) is 10.8 Å². The number of ether oxygens (including phenoxy) is 1. The number of thioether (sulfide) groups is 1. The number of anilines is 1. The van der Waals surface area contributed by atoms with E-state index < -0.39 is 63.2 Å². The molecule has 56 heavy (non-hydrogen) atoms. The van der Waals surface area contributed by atoms with Crippen molar-refractivity contribution in [3.8, 4) is 22.9 Å². The molecular weight excluding hydrogens is 845 g/mol. The summed E-state index contributed by atoms with van der Waals surface area (Å²) in [6.07, 6.45) is 1.80. The minimum atomic E-state index is -4.93.